The van der Waals surface area contributed by atoms with Crippen molar-refractivity contribution in [2.75, 3.05) is 32.2 Å². The summed E-state index contributed by atoms with van der Waals surface area (Å²) in [6.07, 6.45) is 3.01. The number of anilines is 2. The van der Waals surface area contributed by atoms with Crippen molar-refractivity contribution in [1.29, 1.82) is 0 Å². The Labute approximate surface area is 143 Å². The van der Waals surface area contributed by atoms with Gasteiger partial charge in [-0.25, -0.2) is 4.98 Å². The average Bonchev–Trinajstić information content (AvgIpc) is 3.04. The number of ether oxygens (including phenoxy) is 1. The summed E-state index contributed by atoms with van der Waals surface area (Å²) < 4.78 is 5.44. The van der Waals surface area contributed by atoms with Crippen LogP contribution in [0.15, 0.2) is 48.7 Å². The van der Waals surface area contributed by atoms with Crippen molar-refractivity contribution in [3.63, 3.8) is 0 Å². The SMILES string of the molecule is CO[C@@H]1C[C@@H](CO)N(Cc2ccc(N(C)c3ccccc3)nc2)C1. The molecular formula is C19H25N3O2. The van der Waals surface area contributed by atoms with E-state index in [-0.39, 0.29) is 18.8 Å². The predicted octanol–water partition coefficient (Wildman–Crippen LogP) is 2.43. The summed E-state index contributed by atoms with van der Waals surface area (Å²) in [7, 11) is 3.75. The van der Waals surface area contributed by atoms with Crippen molar-refractivity contribution < 1.29 is 9.84 Å². The normalized spacial score (nSPS) is 21.1. The molecule has 0 saturated carbocycles. The van der Waals surface area contributed by atoms with Crippen LogP contribution in [-0.4, -0.2) is 54.4 Å². The Bertz CT molecular complexity index is 633. The van der Waals surface area contributed by atoms with Gasteiger partial charge in [0.05, 0.1) is 12.7 Å². The standard InChI is InChI=1S/C19H25N3O2/c1-21(16-6-4-3-5-7-16)19-9-8-15(11-20-19)12-22-13-18(24-2)10-17(22)14-23/h3-9,11,17-18,23H,10,12-14H2,1-2H3/t17-,18+/m0/s1. The smallest absolute Gasteiger partial charge is 0.132 e. The topological polar surface area (TPSA) is 48.8 Å². The molecule has 1 aromatic heterocycles. The van der Waals surface area contributed by atoms with Crippen LogP contribution in [0.3, 0.4) is 0 Å². The molecule has 0 bridgehead atoms. The van der Waals surface area contributed by atoms with Crippen molar-refractivity contribution in [1.82, 2.24) is 9.88 Å². The van der Waals surface area contributed by atoms with E-state index in [0.717, 1.165) is 36.6 Å². The Morgan fingerprint density at radius 2 is 2.04 bits per heavy atom. The molecule has 0 spiro atoms. The highest BCUT2D eigenvalue weighted by molar-refractivity contribution is 5.58. The lowest BCUT2D eigenvalue weighted by Crippen LogP contribution is -2.32. The van der Waals surface area contributed by atoms with E-state index in [1.807, 2.05) is 37.5 Å². The van der Waals surface area contributed by atoms with E-state index < -0.39 is 0 Å². The molecule has 2 heterocycles. The van der Waals surface area contributed by atoms with E-state index >= 15 is 0 Å². The van der Waals surface area contributed by atoms with E-state index in [1.165, 1.54) is 0 Å². The van der Waals surface area contributed by atoms with Crippen LogP contribution in [-0.2, 0) is 11.3 Å². The highest BCUT2D eigenvalue weighted by Gasteiger charge is 2.31. The summed E-state index contributed by atoms with van der Waals surface area (Å²) in [5.74, 6) is 0.917. The average molecular weight is 327 g/mol. The van der Waals surface area contributed by atoms with Gasteiger partial charge in [0.2, 0.25) is 0 Å². The minimum atomic E-state index is 0.168. The number of aliphatic hydroxyl groups is 1. The first kappa shape index (κ1) is 16.9. The molecule has 0 unspecified atom stereocenters. The summed E-state index contributed by atoms with van der Waals surface area (Å²) >= 11 is 0. The fraction of sp³-hybridized carbons (Fsp3) is 0.421. The number of hydrogen-bond acceptors (Lipinski definition) is 5. The Morgan fingerprint density at radius 3 is 2.67 bits per heavy atom. The first-order valence-corrected chi connectivity index (χ1v) is 8.32. The van der Waals surface area contributed by atoms with Crippen molar-refractivity contribution >= 4 is 11.5 Å². The van der Waals surface area contributed by atoms with Gasteiger partial charge in [-0.1, -0.05) is 24.3 Å². The summed E-state index contributed by atoms with van der Waals surface area (Å²) in [5, 5.41) is 9.55. The minimum absolute atomic E-state index is 0.168. The number of aliphatic hydroxyl groups excluding tert-OH is 1. The second-order valence-corrected chi connectivity index (χ2v) is 6.28. The lowest BCUT2D eigenvalue weighted by atomic mass is 10.2. The van der Waals surface area contributed by atoms with Crippen LogP contribution in [0.25, 0.3) is 0 Å². The second-order valence-electron chi connectivity index (χ2n) is 6.28. The summed E-state index contributed by atoms with van der Waals surface area (Å²) in [6, 6.07) is 14.5. The third-order valence-electron chi connectivity index (χ3n) is 4.72. The number of aromatic nitrogens is 1. The molecule has 2 aromatic rings. The van der Waals surface area contributed by atoms with Crippen LogP contribution in [0.5, 0.6) is 0 Å². The van der Waals surface area contributed by atoms with Crippen molar-refractivity contribution in [3.8, 4) is 0 Å². The number of methoxy groups -OCH3 is 1. The number of hydrogen-bond donors (Lipinski definition) is 1. The van der Waals surface area contributed by atoms with Gasteiger partial charge in [0.1, 0.15) is 5.82 Å². The van der Waals surface area contributed by atoms with E-state index in [0.29, 0.717) is 0 Å². The van der Waals surface area contributed by atoms with E-state index in [2.05, 4.69) is 33.0 Å². The molecule has 1 N–H and O–H groups in total. The minimum Gasteiger partial charge on any atom is -0.395 e. The highest BCUT2D eigenvalue weighted by Crippen LogP contribution is 2.24. The van der Waals surface area contributed by atoms with Crippen LogP contribution < -0.4 is 4.90 Å². The molecule has 1 aliphatic heterocycles. The number of benzene rings is 1. The van der Waals surface area contributed by atoms with Gasteiger partial charge >= 0.3 is 0 Å². The van der Waals surface area contributed by atoms with E-state index in [4.69, 9.17) is 4.74 Å². The molecule has 0 aliphatic carbocycles. The largest absolute Gasteiger partial charge is 0.395 e. The van der Waals surface area contributed by atoms with E-state index in [1.54, 1.807) is 7.11 Å². The monoisotopic (exact) mass is 327 g/mol. The lowest BCUT2D eigenvalue weighted by Gasteiger charge is -2.23. The van der Waals surface area contributed by atoms with Gasteiger partial charge in [-0.05, 0) is 30.2 Å². The number of likely N-dealkylation sites (tertiary alicyclic amines) is 1. The summed E-state index contributed by atoms with van der Waals surface area (Å²) in [5.41, 5.74) is 2.26. The van der Waals surface area contributed by atoms with Gasteiger partial charge in [0.15, 0.2) is 0 Å². The van der Waals surface area contributed by atoms with Gasteiger partial charge in [-0.2, -0.15) is 0 Å². The molecule has 5 nitrogen and oxygen atoms in total. The molecule has 5 heteroatoms. The molecule has 0 radical (unpaired) electrons. The fourth-order valence-corrected chi connectivity index (χ4v) is 3.22. The number of nitrogens with zero attached hydrogens (tertiary/aromatic N) is 3. The van der Waals surface area contributed by atoms with Crippen LogP contribution in [0, 0.1) is 0 Å². The molecule has 1 aromatic carbocycles. The summed E-state index contributed by atoms with van der Waals surface area (Å²) in [4.78, 5) is 8.93. The molecule has 3 rings (SSSR count). The zero-order chi connectivity index (χ0) is 16.9. The third-order valence-corrected chi connectivity index (χ3v) is 4.72. The molecule has 0 amide bonds. The Balaban J connectivity index is 1.66. The van der Waals surface area contributed by atoms with Crippen LogP contribution in [0.4, 0.5) is 11.5 Å². The maximum atomic E-state index is 9.55. The fourth-order valence-electron chi connectivity index (χ4n) is 3.22. The first-order chi connectivity index (χ1) is 11.7. The predicted molar refractivity (Wildman–Crippen MR) is 95.4 cm³/mol. The third kappa shape index (κ3) is 3.75. The van der Waals surface area contributed by atoms with Crippen LogP contribution in [0.1, 0.15) is 12.0 Å². The van der Waals surface area contributed by atoms with Gasteiger partial charge < -0.3 is 14.7 Å². The van der Waals surface area contributed by atoms with Gasteiger partial charge in [0, 0.05) is 45.2 Å². The van der Waals surface area contributed by atoms with Crippen LogP contribution in [0.2, 0.25) is 0 Å². The second kappa shape index (κ2) is 7.75. The number of para-hydroxylation sites is 1. The molecule has 1 saturated heterocycles. The quantitative estimate of drug-likeness (QED) is 0.883. The summed E-state index contributed by atoms with van der Waals surface area (Å²) in [6.45, 7) is 1.81. The molecule has 2 atom stereocenters. The van der Waals surface area contributed by atoms with E-state index in [9.17, 15) is 5.11 Å². The highest BCUT2D eigenvalue weighted by atomic mass is 16.5. The lowest BCUT2D eigenvalue weighted by molar-refractivity contribution is 0.107. The van der Waals surface area contributed by atoms with Gasteiger partial charge in [0.25, 0.3) is 0 Å². The maximum absolute atomic E-state index is 9.55. The van der Waals surface area contributed by atoms with Gasteiger partial charge in [-0.15, -0.1) is 0 Å². The number of pyridine rings is 1. The molecular weight excluding hydrogens is 302 g/mol. The molecule has 1 aliphatic rings. The molecule has 128 valence electrons. The Hall–Kier alpha value is -1.95. The van der Waals surface area contributed by atoms with Crippen LogP contribution >= 0.6 is 0 Å². The Kier molecular flexibility index (Phi) is 5.45. The molecule has 24 heavy (non-hydrogen) atoms. The van der Waals surface area contributed by atoms with Crippen molar-refractivity contribution in [2.45, 2.75) is 25.1 Å². The maximum Gasteiger partial charge on any atom is 0.132 e. The Morgan fingerprint density at radius 1 is 1.25 bits per heavy atom. The zero-order valence-electron chi connectivity index (χ0n) is 14.3. The van der Waals surface area contributed by atoms with Crippen molar-refractivity contribution in [2.24, 2.45) is 0 Å². The van der Waals surface area contributed by atoms with Crippen molar-refractivity contribution in [3.05, 3.63) is 54.2 Å². The zero-order valence-corrected chi connectivity index (χ0v) is 14.3. The molecule has 1 fully saturated rings. The van der Waals surface area contributed by atoms with Gasteiger partial charge in [-0.3, -0.25) is 4.90 Å². The number of rotatable bonds is 6. The first-order valence-electron chi connectivity index (χ1n) is 8.32.